The molecule has 0 aromatic carbocycles. The summed E-state index contributed by atoms with van der Waals surface area (Å²) in [6, 6.07) is 0.101. The lowest BCUT2D eigenvalue weighted by molar-refractivity contribution is 0.814. The molecular formula is C14H19ClN4S. The number of aromatic nitrogens is 3. The number of hydrogen-bond donors (Lipinski definition) is 1. The highest BCUT2D eigenvalue weighted by Crippen LogP contribution is 2.31. The van der Waals surface area contributed by atoms with Gasteiger partial charge < -0.3 is 5.32 Å². The molecule has 108 valence electrons. The number of nitrogens with one attached hydrogen (secondary N) is 1. The second-order valence-electron chi connectivity index (χ2n) is 4.97. The Kier molecular flexibility index (Phi) is 4.94. The van der Waals surface area contributed by atoms with Crippen LogP contribution in [0.25, 0.3) is 0 Å². The molecule has 2 rings (SSSR count). The molecule has 0 radical (unpaired) electrons. The maximum absolute atomic E-state index is 6.18. The summed E-state index contributed by atoms with van der Waals surface area (Å²) in [5.74, 6) is 1.06. The molecule has 1 atom stereocenters. The number of anilines is 1. The Labute approximate surface area is 128 Å². The molecule has 0 aliphatic carbocycles. The van der Waals surface area contributed by atoms with E-state index in [0.29, 0.717) is 5.15 Å². The van der Waals surface area contributed by atoms with Gasteiger partial charge in [-0.3, -0.25) is 0 Å². The molecule has 6 heteroatoms. The normalized spacial score (nSPS) is 12.7. The van der Waals surface area contributed by atoms with Gasteiger partial charge in [0.15, 0.2) is 0 Å². The molecule has 0 fully saturated rings. The quantitative estimate of drug-likeness (QED) is 0.829. The summed E-state index contributed by atoms with van der Waals surface area (Å²) in [6.45, 7) is 8.38. The summed E-state index contributed by atoms with van der Waals surface area (Å²) in [6.07, 6.45) is 4.44. The van der Waals surface area contributed by atoms with E-state index in [1.54, 1.807) is 11.3 Å². The van der Waals surface area contributed by atoms with E-state index in [9.17, 15) is 0 Å². The number of rotatable bonds is 5. The minimum atomic E-state index is 0.101. The van der Waals surface area contributed by atoms with Crippen LogP contribution < -0.4 is 5.32 Å². The van der Waals surface area contributed by atoms with Crippen LogP contribution >= 0.6 is 22.9 Å². The predicted molar refractivity (Wildman–Crippen MR) is 84.7 cm³/mol. The zero-order valence-electron chi connectivity index (χ0n) is 12.1. The molecule has 0 saturated carbocycles. The fraction of sp³-hybridized carbons (Fsp3) is 0.500. The summed E-state index contributed by atoms with van der Waals surface area (Å²) in [5.41, 5.74) is 0.952. The van der Waals surface area contributed by atoms with Crippen LogP contribution in [0.5, 0.6) is 0 Å². The predicted octanol–water partition coefficient (Wildman–Crippen LogP) is 4.45. The molecule has 0 saturated heterocycles. The summed E-state index contributed by atoms with van der Waals surface area (Å²) in [4.78, 5) is 14.1. The molecule has 0 amide bonds. The standard InChI is InChI=1S/C14H19ClN4S/c1-5-10-6-16-14(20-10)9(4)19-13-11(8(2)3)12(15)17-7-18-13/h6-9H,5H2,1-4H3,(H,17,18,19). The van der Waals surface area contributed by atoms with Gasteiger partial charge in [0.2, 0.25) is 0 Å². The van der Waals surface area contributed by atoms with Crippen molar-refractivity contribution in [1.82, 2.24) is 15.0 Å². The molecule has 0 aliphatic rings. The van der Waals surface area contributed by atoms with E-state index in [4.69, 9.17) is 11.6 Å². The van der Waals surface area contributed by atoms with Gasteiger partial charge in [-0.2, -0.15) is 0 Å². The number of hydrogen-bond acceptors (Lipinski definition) is 5. The Balaban J connectivity index is 2.23. The van der Waals surface area contributed by atoms with Gasteiger partial charge in [-0.05, 0) is 19.3 Å². The van der Waals surface area contributed by atoms with Crippen molar-refractivity contribution in [3.05, 3.63) is 33.1 Å². The van der Waals surface area contributed by atoms with Crippen LogP contribution in [0, 0.1) is 0 Å². The Hall–Kier alpha value is -1.20. The molecule has 2 heterocycles. The van der Waals surface area contributed by atoms with Gasteiger partial charge in [0.25, 0.3) is 0 Å². The summed E-state index contributed by atoms with van der Waals surface area (Å²) in [5, 5.41) is 4.97. The van der Waals surface area contributed by atoms with E-state index in [1.165, 1.54) is 11.2 Å². The minimum Gasteiger partial charge on any atom is -0.361 e. The first-order chi connectivity index (χ1) is 9.52. The van der Waals surface area contributed by atoms with E-state index < -0.39 is 0 Å². The number of nitrogens with zero attached hydrogens (tertiary/aromatic N) is 3. The average molecular weight is 311 g/mol. The fourth-order valence-electron chi connectivity index (χ4n) is 1.95. The summed E-state index contributed by atoms with van der Waals surface area (Å²) >= 11 is 7.90. The van der Waals surface area contributed by atoms with E-state index >= 15 is 0 Å². The first kappa shape index (κ1) is 15.2. The van der Waals surface area contributed by atoms with Crippen LogP contribution in [-0.4, -0.2) is 15.0 Å². The van der Waals surface area contributed by atoms with Gasteiger partial charge in [-0.1, -0.05) is 32.4 Å². The van der Waals surface area contributed by atoms with Crippen molar-refractivity contribution in [1.29, 1.82) is 0 Å². The van der Waals surface area contributed by atoms with Gasteiger partial charge in [-0.25, -0.2) is 15.0 Å². The lowest BCUT2D eigenvalue weighted by Gasteiger charge is -2.17. The second-order valence-corrected chi connectivity index (χ2v) is 6.47. The fourth-order valence-corrected chi connectivity index (χ4v) is 3.16. The maximum atomic E-state index is 6.18. The highest BCUT2D eigenvalue weighted by molar-refractivity contribution is 7.11. The molecule has 1 unspecified atom stereocenters. The number of halogens is 1. The lowest BCUT2D eigenvalue weighted by atomic mass is 10.1. The first-order valence-corrected chi connectivity index (χ1v) is 7.93. The van der Waals surface area contributed by atoms with Crippen molar-refractivity contribution in [2.45, 2.75) is 46.1 Å². The number of aryl methyl sites for hydroxylation is 1. The first-order valence-electron chi connectivity index (χ1n) is 6.74. The molecule has 0 bridgehead atoms. The molecule has 0 spiro atoms. The zero-order valence-corrected chi connectivity index (χ0v) is 13.7. The van der Waals surface area contributed by atoms with Crippen LogP contribution in [0.3, 0.4) is 0 Å². The second kappa shape index (κ2) is 6.50. The van der Waals surface area contributed by atoms with Gasteiger partial charge in [0.1, 0.15) is 22.3 Å². The third-order valence-electron chi connectivity index (χ3n) is 3.06. The Morgan fingerprint density at radius 3 is 2.60 bits per heavy atom. The van der Waals surface area contributed by atoms with Crippen molar-refractivity contribution in [2.24, 2.45) is 0 Å². The van der Waals surface area contributed by atoms with Gasteiger partial charge in [0, 0.05) is 16.6 Å². The van der Waals surface area contributed by atoms with E-state index in [2.05, 4.69) is 48.0 Å². The van der Waals surface area contributed by atoms with Crippen LogP contribution in [0.1, 0.15) is 55.1 Å². The molecular weight excluding hydrogens is 292 g/mol. The topological polar surface area (TPSA) is 50.7 Å². The van der Waals surface area contributed by atoms with Gasteiger partial charge in [0.05, 0.1) is 6.04 Å². The van der Waals surface area contributed by atoms with Crippen LogP contribution in [0.2, 0.25) is 5.15 Å². The molecule has 0 aliphatic heterocycles. The Bertz CT molecular complexity index is 582. The molecule has 1 N–H and O–H groups in total. The van der Waals surface area contributed by atoms with Gasteiger partial charge in [-0.15, -0.1) is 11.3 Å². The smallest absolute Gasteiger partial charge is 0.138 e. The van der Waals surface area contributed by atoms with Gasteiger partial charge >= 0.3 is 0 Å². The SMILES string of the molecule is CCc1cnc(C(C)Nc2ncnc(Cl)c2C(C)C)s1. The molecule has 2 aromatic rings. The van der Waals surface area contributed by atoms with Crippen molar-refractivity contribution in [3.8, 4) is 0 Å². The Morgan fingerprint density at radius 1 is 1.25 bits per heavy atom. The van der Waals surface area contributed by atoms with Crippen LogP contribution in [-0.2, 0) is 6.42 Å². The highest BCUT2D eigenvalue weighted by Gasteiger charge is 2.17. The zero-order chi connectivity index (χ0) is 14.7. The minimum absolute atomic E-state index is 0.101. The highest BCUT2D eigenvalue weighted by atomic mass is 35.5. The van der Waals surface area contributed by atoms with E-state index in [-0.39, 0.29) is 12.0 Å². The van der Waals surface area contributed by atoms with Crippen molar-refractivity contribution in [3.63, 3.8) is 0 Å². The molecule has 4 nitrogen and oxygen atoms in total. The molecule has 2 aromatic heterocycles. The van der Waals surface area contributed by atoms with Crippen LogP contribution in [0.15, 0.2) is 12.5 Å². The van der Waals surface area contributed by atoms with E-state index in [0.717, 1.165) is 22.8 Å². The maximum Gasteiger partial charge on any atom is 0.138 e. The summed E-state index contributed by atoms with van der Waals surface area (Å²) in [7, 11) is 0. The third-order valence-corrected chi connectivity index (χ3v) is 4.68. The monoisotopic (exact) mass is 310 g/mol. The van der Waals surface area contributed by atoms with Crippen molar-refractivity contribution in [2.75, 3.05) is 5.32 Å². The largest absolute Gasteiger partial charge is 0.361 e. The lowest BCUT2D eigenvalue weighted by Crippen LogP contribution is -2.11. The number of thiazole rings is 1. The molecule has 20 heavy (non-hydrogen) atoms. The third kappa shape index (κ3) is 3.27. The van der Waals surface area contributed by atoms with Crippen LogP contribution in [0.4, 0.5) is 5.82 Å². The van der Waals surface area contributed by atoms with Crippen molar-refractivity contribution < 1.29 is 0 Å². The van der Waals surface area contributed by atoms with Crippen molar-refractivity contribution >= 4 is 28.8 Å². The van der Waals surface area contributed by atoms with E-state index in [1.807, 2.05) is 6.20 Å². The summed E-state index contributed by atoms with van der Waals surface area (Å²) < 4.78 is 0. The average Bonchev–Trinajstić information content (AvgIpc) is 2.87. The Morgan fingerprint density at radius 2 is 2.00 bits per heavy atom.